The zero-order valence-corrected chi connectivity index (χ0v) is 20.9. The van der Waals surface area contributed by atoms with E-state index in [0.29, 0.717) is 18.4 Å². The molecule has 0 aliphatic carbocycles. The number of aromatic nitrogens is 2. The minimum Gasteiger partial charge on any atom is -0.481 e. The smallest absolute Gasteiger partial charge is 0.310 e. The third kappa shape index (κ3) is 6.00. The van der Waals surface area contributed by atoms with E-state index >= 15 is 0 Å². The predicted molar refractivity (Wildman–Crippen MR) is 131 cm³/mol. The number of piperidine rings is 1. The zero-order valence-electron chi connectivity index (χ0n) is 20.1. The van der Waals surface area contributed by atoms with Gasteiger partial charge in [0.15, 0.2) is 5.82 Å². The summed E-state index contributed by atoms with van der Waals surface area (Å²) in [4.78, 5) is 26.2. The van der Waals surface area contributed by atoms with Crippen molar-refractivity contribution in [3.8, 4) is 10.7 Å². The fourth-order valence-electron chi connectivity index (χ4n) is 5.29. The van der Waals surface area contributed by atoms with Crippen molar-refractivity contribution in [2.75, 3.05) is 26.3 Å². The van der Waals surface area contributed by atoms with E-state index in [9.17, 15) is 9.90 Å². The lowest BCUT2D eigenvalue weighted by atomic mass is 9.65. The molecule has 2 aromatic rings. The molecular formula is C26H37N3O3S. The van der Waals surface area contributed by atoms with Gasteiger partial charge < -0.3 is 9.84 Å². The van der Waals surface area contributed by atoms with Gasteiger partial charge in [-0.1, -0.05) is 20.8 Å². The van der Waals surface area contributed by atoms with Crippen LogP contribution in [0.3, 0.4) is 0 Å². The van der Waals surface area contributed by atoms with E-state index in [1.54, 1.807) is 23.7 Å². The monoisotopic (exact) mass is 471 g/mol. The summed E-state index contributed by atoms with van der Waals surface area (Å²) < 4.78 is 5.51. The SMILES string of the molecule is CC(C)(C)[C@H]1CN(Cc2ccc(-c3ncccn3)s2)C[C@](CCC2CCOCC2)(C(=O)O)C1. The first-order valence-electron chi connectivity index (χ1n) is 12.1. The van der Waals surface area contributed by atoms with Crippen molar-refractivity contribution in [1.29, 1.82) is 0 Å². The van der Waals surface area contributed by atoms with Gasteiger partial charge in [0.25, 0.3) is 0 Å². The van der Waals surface area contributed by atoms with E-state index in [4.69, 9.17) is 4.74 Å². The Morgan fingerprint density at radius 1 is 1.24 bits per heavy atom. The lowest BCUT2D eigenvalue weighted by Crippen LogP contribution is -2.53. The number of carbonyl (C=O) groups is 1. The molecular weight excluding hydrogens is 434 g/mol. The highest BCUT2D eigenvalue weighted by Gasteiger charge is 2.48. The lowest BCUT2D eigenvalue weighted by molar-refractivity contribution is -0.157. The summed E-state index contributed by atoms with van der Waals surface area (Å²) in [6, 6.07) is 6.04. The highest BCUT2D eigenvalue weighted by molar-refractivity contribution is 7.15. The Bertz CT molecular complexity index is 920. The van der Waals surface area contributed by atoms with Gasteiger partial charge in [0.1, 0.15) is 0 Å². The number of carboxylic acids is 1. The largest absolute Gasteiger partial charge is 0.481 e. The standard InChI is InChI=1S/C26H37N3O3S/c1-25(2,3)20-15-26(24(30)31,10-7-19-8-13-32-14-9-19)18-29(16-20)17-21-5-6-22(33-21)23-27-11-4-12-28-23/h4-6,11-12,19-20H,7-10,13-18H2,1-3H3,(H,30,31)/t20-,26-/m1/s1. The van der Waals surface area contributed by atoms with Crippen molar-refractivity contribution in [2.24, 2.45) is 22.7 Å². The molecule has 2 aromatic heterocycles. The molecule has 2 saturated heterocycles. The maximum absolute atomic E-state index is 12.7. The van der Waals surface area contributed by atoms with Gasteiger partial charge in [-0.15, -0.1) is 11.3 Å². The van der Waals surface area contributed by atoms with Crippen LogP contribution in [0.1, 0.15) is 57.8 Å². The molecule has 0 spiro atoms. The van der Waals surface area contributed by atoms with Crippen molar-refractivity contribution < 1.29 is 14.6 Å². The van der Waals surface area contributed by atoms with Crippen LogP contribution in [0.15, 0.2) is 30.6 Å². The topological polar surface area (TPSA) is 75.5 Å². The average Bonchev–Trinajstić information content (AvgIpc) is 3.26. The highest BCUT2D eigenvalue weighted by Crippen LogP contribution is 2.45. The van der Waals surface area contributed by atoms with Gasteiger partial charge in [-0.2, -0.15) is 0 Å². The second-order valence-corrected chi connectivity index (χ2v) is 12.1. The summed E-state index contributed by atoms with van der Waals surface area (Å²) in [5, 5.41) is 10.5. The predicted octanol–water partition coefficient (Wildman–Crippen LogP) is 5.35. The third-order valence-electron chi connectivity index (χ3n) is 7.52. The number of thiophene rings is 1. The van der Waals surface area contributed by atoms with Crippen molar-refractivity contribution in [1.82, 2.24) is 14.9 Å². The molecule has 4 heterocycles. The molecule has 0 amide bonds. The van der Waals surface area contributed by atoms with Crippen LogP contribution < -0.4 is 0 Å². The number of aliphatic carboxylic acids is 1. The van der Waals surface area contributed by atoms with Crippen LogP contribution in [0.5, 0.6) is 0 Å². The summed E-state index contributed by atoms with van der Waals surface area (Å²) in [6.07, 6.45) is 8.14. The molecule has 0 aromatic carbocycles. The zero-order chi connectivity index (χ0) is 23.5. The minimum atomic E-state index is -0.683. The minimum absolute atomic E-state index is 0.0660. The summed E-state index contributed by atoms with van der Waals surface area (Å²) in [6.45, 7) is 10.7. The summed E-state index contributed by atoms with van der Waals surface area (Å²) in [5.74, 6) is 1.05. The van der Waals surface area contributed by atoms with Crippen LogP contribution >= 0.6 is 11.3 Å². The number of nitrogens with zero attached hydrogens (tertiary/aromatic N) is 3. The molecule has 2 atom stereocenters. The van der Waals surface area contributed by atoms with E-state index in [2.05, 4.69) is 47.8 Å². The molecule has 4 rings (SSSR count). The summed E-state index contributed by atoms with van der Waals surface area (Å²) in [5.41, 5.74) is -0.617. The number of ether oxygens (including phenoxy) is 1. The fourth-order valence-corrected chi connectivity index (χ4v) is 6.29. The van der Waals surface area contributed by atoms with Gasteiger partial charge in [-0.3, -0.25) is 9.69 Å². The Balaban J connectivity index is 1.52. The van der Waals surface area contributed by atoms with E-state index in [-0.39, 0.29) is 5.41 Å². The molecule has 7 heteroatoms. The average molecular weight is 472 g/mol. The lowest BCUT2D eigenvalue weighted by Gasteiger charge is -2.48. The van der Waals surface area contributed by atoms with Gasteiger partial charge in [-0.25, -0.2) is 9.97 Å². The number of likely N-dealkylation sites (tertiary alicyclic amines) is 1. The first-order chi connectivity index (χ1) is 15.7. The Labute approximate surface area is 201 Å². The molecule has 33 heavy (non-hydrogen) atoms. The molecule has 1 N–H and O–H groups in total. The fraction of sp³-hybridized carbons (Fsp3) is 0.654. The van der Waals surface area contributed by atoms with E-state index < -0.39 is 11.4 Å². The molecule has 2 fully saturated rings. The maximum atomic E-state index is 12.7. The van der Waals surface area contributed by atoms with E-state index in [1.165, 1.54) is 4.88 Å². The normalized spacial score (nSPS) is 25.2. The van der Waals surface area contributed by atoms with Gasteiger partial charge >= 0.3 is 5.97 Å². The Kier molecular flexibility index (Phi) is 7.51. The molecule has 6 nitrogen and oxygen atoms in total. The maximum Gasteiger partial charge on any atom is 0.310 e. The molecule has 0 radical (unpaired) electrons. The van der Waals surface area contributed by atoms with E-state index in [0.717, 1.165) is 69.1 Å². The Morgan fingerprint density at radius 2 is 1.97 bits per heavy atom. The number of carboxylic acid groups (broad SMARTS) is 1. The van der Waals surface area contributed by atoms with Gasteiger partial charge in [0.2, 0.25) is 0 Å². The van der Waals surface area contributed by atoms with Crippen LogP contribution in [0, 0.1) is 22.7 Å². The molecule has 0 unspecified atom stereocenters. The van der Waals surface area contributed by atoms with Crippen molar-refractivity contribution in [3.63, 3.8) is 0 Å². The van der Waals surface area contributed by atoms with E-state index in [1.807, 2.05) is 6.07 Å². The van der Waals surface area contributed by atoms with Crippen molar-refractivity contribution in [3.05, 3.63) is 35.5 Å². The van der Waals surface area contributed by atoms with Crippen LogP contribution in [0.2, 0.25) is 0 Å². The highest BCUT2D eigenvalue weighted by atomic mass is 32.1. The van der Waals surface area contributed by atoms with Crippen LogP contribution in [-0.2, 0) is 16.1 Å². The molecule has 2 aliphatic rings. The molecule has 0 bridgehead atoms. The third-order valence-corrected chi connectivity index (χ3v) is 8.59. The van der Waals surface area contributed by atoms with Crippen molar-refractivity contribution in [2.45, 2.75) is 59.4 Å². The first kappa shape index (κ1) is 24.3. The van der Waals surface area contributed by atoms with Crippen LogP contribution in [0.4, 0.5) is 0 Å². The molecule has 0 saturated carbocycles. The molecule has 2 aliphatic heterocycles. The van der Waals surface area contributed by atoms with Crippen LogP contribution in [0.25, 0.3) is 10.7 Å². The quantitative estimate of drug-likeness (QED) is 0.587. The Morgan fingerprint density at radius 3 is 2.64 bits per heavy atom. The van der Waals surface area contributed by atoms with Gasteiger partial charge in [0, 0.05) is 50.1 Å². The Hall–Kier alpha value is -1.83. The second-order valence-electron chi connectivity index (χ2n) is 11.0. The van der Waals surface area contributed by atoms with Gasteiger partial charge in [0.05, 0.1) is 10.3 Å². The number of rotatable bonds is 7. The van der Waals surface area contributed by atoms with Crippen LogP contribution in [-0.4, -0.2) is 52.2 Å². The number of hydrogen-bond acceptors (Lipinski definition) is 6. The first-order valence-corrected chi connectivity index (χ1v) is 13.0. The van der Waals surface area contributed by atoms with Gasteiger partial charge in [-0.05, 0) is 67.6 Å². The van der Waals surface area contributed by atoms with Crippen molar-refractivity contribution >= 4 is 17.3 Å². The number of hydrogen-bond donors (Lipinski definition) is 1. The summed E-state index contributed by atoms with van der Waals surface area (Å²) >= 11 is 1.70. The molecule has 180 valence electrons. The second kappa shape index (κ2) is 10.2. The summed E-state index contributed by atoms with van der Waals surface area (Å²) in [7, 11) is 0.